The van der Waals surface area contributed by atoms with Crippen molar-refractivity contribution in [2.45, 2.75) is 131 Å². The fourth-order valence-corrected chi connectivity index (χ4v) is 7.79. The molecule has 12 nitrogen and oxygen atoms in total. The maximum absolute atomic E-state index is 14.3. The van der Waals surface area contributed by atoms with Crippen LogP contribution in [0.5, 0.6) is 0 Å². The Bertz CT molecular complexity index is 1350. The average molecular weight is 719 g/mol. The van der Waals surface area contributed by atoms with Crippen LogP contribution in [0.4, 0.5) is 13.6 Å². The quantitative estimate of drug-likeness (QED) is 0.243. The second-order valence-corrected chi connectivity index (χ2v) is 19.4. The summed E-state index contributed by atoms with van der Waals surface area (Å²) in [5.74, 6) is -1.92. The third kappa shape index (κ3) is 10.0. The van der Waals surface area contributed by atoms with Crippen molar-refractivity contribution in [2.75, 3.05) is 26.4 Å². The zero-order valence-electron chi connectivity index (χ0n) is 31.2. The van der Waals surface area contributed by atoms with Crippen molar-refractivity contribution in [2.24, 2.45) is 34.0 Å². The van der Waals surface area contributed by atoms with Crippen molar-refractivity contribution in [3.63, 3.8) is 0 Å². The van der Waals surface area contributed by atoms with Crippen LogP contribution < -0.4 is 21.3 Å². The van der Waals surface area contributed by atoms with Crippen LogP contribution in [0.3, 0.4) is 0 Å². The molecule has 0 spiro atoms. The van der Waals surface area contributed by atoms with Gasteiger partial charge in [0.2, 0.25) is 34.2 Å². The van der Waals surface area contributed by atoms with E-state index in [1.54, 1.807) is 20.8 Å². The molecule has 4 N–H and O–H groups in total. The van der Waals surface area contributed by atoms with Crippen molar-refractivity contribution in [3.05, 3.63) is 0 Å². The van der Waals surface area contributed by atoms with Crippen molar-refractivity contribution in [3.8, 4) is 0 Å². The number of sulfonamides is 1. The minimum absolute atomic E-state index is 0.00369. The Morgan fingerprint density at radius 3 is 2.06 bits per heavy atom. The van der Waals surface area contributed by atoms with Crippen LogP contribution in [0.15, 0.2) is 0 Å². The number of rotatable bonds is 12. The summed E-state index contributed by atoms with van der Waals surface area (Å²) in [4.78, 5) is 56.5. The van der Waals surface area contributed by atoms with E-state index in [4.69, 9.17) is 0 Å². The highest BCUT2D eigenvalue weighted by molar-refractivity contribution is 7.88. The number of carbonyl (C=O) groups is 4. The summed E-state index contributed by atoms with van der Waals surface area (Å²) in [7, 11) is -2.10. The Morgan fingerprint density at radius 1 is 0.959 bits per heavy atom. The molecule has 0 bridgehead atoms. The molecular formula is C34H60F2N6O6S. The Balaban J connectivity index is 1.83. The van der Waals surface area contributed by atoms with Gasteiger partial charge in [0.25, 0.3) is 0 Å². The van der Waals surface area contributed by atoms with Crippen LogP contribution in [-0.2, 0) is 24.4 Å². The predicted octanol–water partition coefficient (Wildman–Crippen LogP) is 3.32. The molecule has 15 heteroatoms. The summed E-state index contributed by atoms with van der Waals surface area (Å²) < 4.78 is 52.8. The lowest BCUT2D eigenvalue weighted by Gasteiger charge is -2.39. The summed E-state index contributed by atoms with van der Waals surface area (Å²) in [6.45, 7) is 17.1. The highest BCUT2D eigenvalue weighted by atomic mass is 32.2. The lowest BCUT2D eigenvalue weighted by atomic mass is 9.85. The van der Waals surface area contributed by atoms with Crippen molar-refractivity contribution < 1.29 is 36.4 Å². The number of urea groups is 1. The fourth-order valence-electron chi connectivity index (χ4n) is 7.37. The summed E-state index contributed by atoms with van der Waals surface area (Å²) in [5, 5.41) is 11.1. The van der Waals surface area contributed by atoms with E-state index in [0.29, 0.717) is 0 Å². The molecule has 3 fully saturated rings. The first-order valence-corrected chi connectivity index (χ1v) is 19.3. The van der Waals surface area contributed by atoms with Gasteiger partial charge in [-0.15, -0.1) is 0 Å². The first-order valence-electron chi connectivity index (χ1n) is 17.4. The molecule has 1 unspecified atom stereocenters. The van der Waals surface area contributed by atoms with Gasteiger partial charge in [-0.3, -0.25) is 14.4 Å². The molecular weight excluding hydrogens is 658 g/mol. The third-order valence-corrected chi connectivity index (χ3v) is 12.3. The molecule has 3 rings (SSSR count). The summed E-state index contributed by atoms with van der Waals surface area (Å²) in [6.07, 6.45) is 1.01. The zero-order valence-corrected chi connectivity index (χ0v) is 32.0. The topological polar surface area (TPSA) is 157 Å². The number of hydrogen-bond acceptors (Lipinski definition) is 6. The Kier molecular flexibility index (Phi) is 12.5. The number of likely N-dealkylation sites (tertiary alicyclic amines) is 1. The minimum Gasteiger partial charge on any atom is -0.351 e. The monoisotopic (exact) mass is 718 g/mol. The SMILES string of the molecule is CC1CCCC[C@H]1NC(=O)[C@H](CC(F)F)NC(=O)[C@@H]1[C@@H]2[C@H](CN1C(=O)[C@@H](NC(=O)N[C@H](CN(C)S(C)(=O)=O)C(C)(C)C)C(C)(C)C)C2(C)C. The molecule has 5 amide bonds. The molecule has 2 aliphatic carbocycles. The molecule has 0 aromatic heterocycles. The number of fused-ring (bicyclic) bond motifs is 1. The van der Waals surface area contributed by atoms with E-state index in [1.165, 1.54) is 11.9 Å². The summed E-state index contributed by atoms with van der Waals surface area (Å²) in [5.41, 5.74) is -1.64. The second kappa shape index (κ2) is 15.0. The average Bonchev–Trinajstić information content (AvgIpc) is 3.25. The first-order chi connectivity index (χ1) is 22.3. The van der Waals surface area contributed by atoms with Gasteiger partial charge in [0.05, 0.1) is 6.26 Å². The minimum atomic E-state index is -3.52. The van der Waals surface area contributed by atoms with E-state index in [0.717, 1.165) is 36.2 Å². The van der Waals surface area contributed by atoms with Crippen LogP contribution in [0, 0.1) is 34.0 Å². The van der Waals surface area contributed by atoms with Gasteiger partial charge in [-0.2, -0.15) is 0 Å². The molecule has 1 heterocycles. The molecule has 0 aromatic carbocycles. The van der Waals surface area contributed by atoms with Gasteiger partial charge in [0.15, 0.2) is 0 Å². The number of halogens is 2. The Hall–Kier alpha value is -2.55. The maximum Gasteiger partial charge on any atom is 0.315 e. The Labute approximate surface area is 291 Å². The number of piperidine rings is 1. The molecule has 1 saturated heterocycles. The smallest absolute Gasteiger partial charge is 0.315 e. The largest absolute Gasteiger partial charge is 0.351 e. The molecule has 2 saturated carbocycles. The number of nitrogens with zero attached hydrogens (tertiary/aromatic N) is 2. The van der Waals surface area contributed by atoms with Gasteiger partial charge in [0, 0.05) is 38.6 Å². The van der Waals surface area contributed by atoms with Gasteiger partial charge in [-0.1, -0.05) is 75.2 Å². The van der Waals surface area contributed by atoms with Crippen LogP contribution >= 0.6 is 0 Å². The predicted molar refractivity (Wildman–Crippen MR) is 184 cm³/mol. The van der Waals surface area contributed by atoms with Gasteiger partial charge in [-0.25, -0.2) is 26.3 Å². The fraction of sp³-hybridized carbons (Fsp3) is 0.882. The molecule has 0 aromatic rings. The highest BCUT2D eigenvalue weighted by Crippen LogP contribution is 2.65. The molecule has 3 aliphatic rings. The molecule has 8 atom stereocenters. The molecule has 49 heavy (non-hydrogen) atoms. The Morgan fingerprint density at radius 2 is 1.55 bits per heavy atom. The normalized spacial score (nSPS) is 27.2. The first kappa shape index (κ1) is 40.9. The van der Waals surface area contributed by atoms with Crippen LogP contribution in [0.1, 0.15) is 94.4 Å². The number of amides is 5. The van der Waals surface area contributed by atoms with Crippen LogP contribution in [-0.4, -0.2) is 104 Å². The third-order valence-electron chi connectivity index (χ3n) is 11.0. The number of carbonyl (C=O) groups excluding carboxylic acids is 4. The van der Waals surface area contributed by atoms with E-state index < -0.39 is 81.6 Å². The van der Waals surface area contributed by atoms with Crippen LogP contribution in [0.25, 0.3) is 0 Å². The van der Waals surface area contributed by atoms with Crippen molar-refractivity contribution in [1.82, 2.24) is 30.5 Å². The van der Waals surface area contributed by atoms with E-state index in [2.05, 4.69) is 21.3 Å². The van der Waals surface area contributed by atoms with Gasteiger partial charge < -0.3 is 26.2 Å². The van der Waals surface area contributed by atoms with Gasteiger partial charge in [0.1, 0.15) is 18.1 Å². The van der Waals surface area contributed by atoms with Gasteiger partial charge >= 0.3 is 6.03 Å². The molecule has 1 aliphatic heterocycles. The van der Waals surface area contributed by atoms with Crippen molar-refractivity contribution >= 4 is 33.8 Å². The molecule has 0 radical (unpaired) electrons. The van der Waals surface area contributed by atoms with Crippen LogP contribution in [0.2, 0.25) is 0 Å². The van der Waals surface area contributed by atoms with E-state index in [9.17, 15) is 36.4 Å². The van der Waals surface area contributed by atoms with Gasteiger partial charge in [-0.05, 0) is 46.8 Å². The maximum atomic E-state index is 14.3. The number of hydrogen-bond donors (Lipinski definition) is 4. The number of nitrogens with one attached hydrogen (secondary N) is 4. The lowest BCUT2D eigenvalue weighted by molar-refractivity contribution is -0.144. The second-order valence-electron chi connectivity index (χ2n) is 17.3. The molecule has 282 valence electrons. The number of alkyl halides is 2. The van der Waals surface area contributed by atoms with E-state index in [1.807, 2.05) is 41.5 Å². The van der Waals surface area contributed by atoms with E-state index in [-0.39, 0.29) is 42.3 Å². The zero-order chi connectivity index (χ0) is 37.4. The van der Waals surface area contributed by atoms with E-state index >= 15 is 0 Å². The summed E-state index contributed by atoms with van der Waals surface area (Å²) in [6, 6.07) is -5.04. The lowest BCUT2D eigenvalue weighted by Crippen LogP contribution is -2.63. The number of likely N-dealkylation sites (N-methyl/N-ethyl adjacent to an activating group) is 1. The summed E-state index contributed by atoms with van der Waals surface area (Å²) >= 11 is 0. The standard InChI is InChI=1S/C34H60F2N6O6S/c1-19-14-12-13-15-21(19)37-28(43)22(16-24(35)36)38-29(44)26-25-20(34(25,8)9)17-42(26)30(45)27(33(5,6)7)40-31(46)39-23(32(2,3)4)18-41(10)49(11,47)48/h19-27H,12-18H2,1-11H3,(H,37,43)(H,38,44)(H2,39,40,46)/t19?,20-,21+,22-,23+,25-,26-,27+/m0/s1. The van der Waals surface area contributed by atoms with Crippen molar-refractivity contribution in [1.29, 1.82) is 0 Å². The highest BCUT2D eigenvalue weighted by Gasteiger charge is 2.70.